The molecule has 0 N–H and O–H groups in total. The first-order valence-corrected chi connectivity index (χ1v) is 10.1. The lowest BCUT2D eigenvalue weighted by Crippen LogP contribution is -2.10. The van der Waals surface area contributed by atoms with Crippen LogP contribution in [0.15, 0.2) is 36.5 Å². The van der Waals surface area contributed by atoms with E-state index < -0.39 is 12.5 Å². The molecule has 2 aromatic carbocycles. The number of thiazole rings is 1. The van der Waals surface area contributed by atoms with Gasteiger partial charge in [-0.05, 0) is 37.1 Å². The molecular weight excluding hydrogens is 394 g/mol. The number of nitrogens with zero attached hydrogens (tertiary/aromatic N) is 2. The average Bonchev–Trinajstić information content (AvgIpc) is 3.14. The minimum Gasteiger partial charge on any atom is -0.495 e. The van der Waals surface area contributed by atoms with E-state index in [4.69, 9.17) is 9.47 Å². The maximum atomic E-state index is 14.4. The van der Waals surface area contributed by atoms with Gasteiger partial charge in [0.25, 0.3) is 0 Å². The van der Waals surface area contributed by atoms with Crippen molar-refractivity contribution in [3.8, 4) is 22.1 Å². The fourth-order valence-electron chi connectivity index (χ4n) is 3.08. The highest BCUT2D eigenvalue weighted by Crippen LogP contribution is 2.37. The first-order valence-electron chi connectivity index (χ1n) is 9.32. The molecule has 4 nitrogen and oxygen atoms in total. The lowest BCUT2D eigenvalue weighted by atomic mass is 10.1. The molecule has 29 heavy (non-hydrogen) atoms. The number of alkyl halides is 1. The van der Waals surface area contributed by atoms with Gasteiger partial charge in [0.15, 0.2) is 11.6 Å². The van der Waals surface area contributed by atoms with Gasteiger partial charge in [-0.2, -0.15) is 0 Å². The van der Waals surface area contributed by atoms with Crippen molar-refractivity contribution in [1.29, 1.82) is 0 Å². The molecule has 2 aromatic heterocycles. The first-order chi connectivity index (χ1) is 14.0. The fraction of sp³-hybridized carbons (Fsp3) is 0.273. The van der Waals surface area contributed by atoms with Crippen molar-refractivity contribution in [2.45, 2.75) is 33.0 Å². The highest BCUT2D eigenvalue weighted by molar-refractivity contribution is 7.21. The summed E-state index contributed by atoms with van der Waals surface area (Å²) in [5.41, 5.74) is 2.46. The van der Waals surface area contributed by atoms with E-state index in [2.05, 4.69) is 9.97 Å². The van der Waals surface area contributed by atoms with E-state index in [0.29, 0.717) is 32.9 Å². The van der Waals surface area contributed by atoms with Gasteiger partial charge in [0.05, 0.1) is 35.1 Å². The largest absolute Gasteiger partial charge is 0.495 e. The second-order valence-corrected chi connectivity index (χ2v) is 7.86. The molecule has 0 unspecified atom stereocenters. The number of rotatable bonds is 6. The van der Waals surface area contributed by atoms with Crippen molar-refractivity contribution < 1.29 is 18.3 Å². The Kier molecular flexibility index (Phi) is 5.32. The monoisotopic (exact) mass is 414 g/mol. The van der Waals surface area contributed by atoms with E-state index in [1.165, 1.54) is 17.4 Å². The summed E-state index contributed by atoms with van der Waals surface area (Å²) >= 11 is 1.40. The second kappa shape index (κ2) is 7.91. The van der Waals surface area contributed by atoms with Gasteiger partial charge in [0.1, 0.15) is 17.4 Å². The number of aromatic nitrogens is 2. The van der Waals surface area contributed by atoms with Gasteiger partial charge in [-0.3, -0.25) is 4.98 Å². The lowest BCUT2D eigenvalue weighted by molar-refractivity contribution is 0.208. The minimum absolute atomic E-state index is 0.0845. The Balaban J connectivity index is 1.86. The van der Waals surface area contributed by atoms with E-state index in [1.807, 2.05) is 19.9 Å². The van der Waals surface area contributed by atoms with Gasteiger partial charge in [-0.15, -0.1) is 11.3 Å². The Labute approximate surface area is 171 Å². The molecule has 0 fully saturated rings. The number of benzene rings is 2. The van der Waals surface area contributed by atoms with Crippen LogP contribution in [0.3, 0.4) is 0 Å². The van der Waals surface area contributed by atoms with Crippen LogP contribution in [0.1, 0.15) is 25.8 Å². The summed E-state index contributed by atoms with van der Waals surface area (Å²) in [6.07, 6.45) is 2.31. The third kappa shape index (κ3) is 3.74. The van der Waals surface area contributed by atoms with Crippen LogP contribution in [0.4, 0.5) is 8.78 Å². The van der Waals surface area contributed by atoms with Gasteiger partial charge in [0, 0.05) is 23.1 Å². The summed E-state index contributed by atoms with van der Waals surface area (Å²) in [4.78, 5) is 9.06. The molecule has 0 saturated carbocycles. The van der Waals surface area contributed by atoms with Crippen LogP contribution in [0, 0.1) is 5.82 Å². The van der Waals surface area contributed by atoms with Crippen LogP contribution in [0.25, 0.3) is 31.7 Å². The fourth-order valence-corrected chi connectivity index (χ4v) is 4.07. The number of methoxy groups -OCH3 is 1. The van der Waals surface area contributed by atoms with Crippen molar-refractivity contribution in [3.63, 3.8) is 0 Å². The van der Waals surface area contributed by atoms with Gasteiger partial charge in [0.2, 0.25) is 0 Å². The average molecular weight is 414 g/mol. The van der Waals surface area contributed by atoms with E-state index in [0.717, 1.165) is 16.5 Å². The third-order valence-electron chi connectivity index (χ3n) is 4.78. The SMILES string of the molecule is CC[C@H](C)Oc1cc2sc(-c3cc(CF)cc4cc(OC)cnc34)nc2cc1F. The first kappa shape index (κ1) is 19.5. The summed E-state index contributed by atoms with van der Waals surface area (Å²) in [7, 11) is 1.56. The number of ether oxygens (including phenoxy) is 2. The molecule has 0 aliphatic rings. The number of halogens is 2. The number of hydrogen-bond acceptors (Lipinski definition) is 5. The van der Waals surface area contributed by atoms with Crippen molar-refractivity contribution in [3.05, 3.63) is 47.9 Å². The Morgan fingerprint density at radius 2 is 2.00 bits per heavy atom. The molecule has 150 valence electrons. The van der Waals surface area contributed by atoms with Gasteiger partial charge in [-0.25, -0.2) is 13.8 Å². The summed E-state index contributed by atoms with van der Waals surface area (Å²) < 4.78 is 39.6. The van der Waals surface area contributed by atoms with Gasteiger partial charge >= 0.3 is 0 Å². The zero-order valence-corrected chi connectivity index (χ0v) is 17.1. The van der Waals surface area contributed by atoms with Crippen LogP contribution in [-0.2, 0) is 6.67 Å². The highest BCUT2D eigenvalue weighted by Gasteiger charge is 2.16. The number of hydrogen-bond donors (Lipinski definition) is 0. The molecule has 7 heteroatoms. The van der Waals surface area contributed by atoms with E-state index in [-0.39, 0.29) is 11.9 Å². The van der Waals surface area contributed by atoms with E-state index >= 15 is 0 Å². The van der Waals surface area contributed by atoms with Crippen LogP contribution in [0.5, 0.6) is 11.5 Å². The van der Waals surface area contributed by atoms with Crippen molar-refractivity contribution in [2.24, 2.45) is 0 Å². The van der Waals surface area contributed by atoms with Crippen molar-refractivity contribution >= 4 is 32.5 Å². The van der Waals surface area contributed by atoms with E-state index in [1.54, 1.807) is 31.5 Å². The van der Waals surface area contributed by atoms with Crippen LogP contribution in [0.2, 0.25) is 0 Å². The molecule has 0 spiro atoms. The summed E-state index contributed by atoms with van der Waals surface area (Å²) in [5.74, 6) is 0.366. The molecule has 0 bridgehead atoms. The van der Waals surface area contributed by atoms with Crippen molar-refractivity contribution in [1.82, 2.24) is 9.97 Å². The highest BCUT2D eigenvalue weighted by atomic mass is 32.1. The summed E-state index contributed by atoms with van der Waals surface area (Å²) in [6, 6.07) is 8.36. The Morgan fingerprint density at radius 1 is 1.17 bits per heavy atom. The maximum absolute atomic E-state index is 14.4. The predicted molar refractivity (Wildman–Crippen MR) is 112 cm³/mol. The molecule has 0 aliphatic carbocycles. The summed E-state index contributed by atoms with van der Waals surface area (Å²) in [6.45, 7) is 3.28. The van der Waals surface area contributed by atoms with Crippen LogP contribution >= 0.6 is 11.3 Å². The number of pyridine rings is 1. The molecule has 0 radical (unpaired) electrons. The molecule has 4 aromatic rings. The normalized spacial score (nSPS) is 12.4. The summed E-state index contributed by atoms with van der Waals surface area (Å²) in [5, 5.41) is 1.42. The maximum Gasteiger partial charge on any atom is 0.167 e. The Morgan fingerprint density at radius 3 is 2.72 bits per heavy atom. The van der Waals surface area contributed by atoms with Crippen molar-refractivity contribution in [2.75, 3.05) is 7.11 Å². The van der Waals surface area contributed by atoms with Crippen LogP contribution in [-0.4, -0.2) is 23.2 Å². The minimum atomic E-state index is -0.605. The zero-order chi connectivity index (χ0) is 20.5. The predicted octanol–water partition coefficient (Wildman–Crippen LogP) is 6.31. The molecule has 4 rings (SSSR count). The van der Waals surface area contributed by atoms with Crippen LogP contribution < -0.4 is 9.47 Å². The topological polar surface area (TPSA) is 44.2 Å². The number of fused-ring (bicyclic) bond motifs is 2. The molecular formula is C22H20F2N2O2S. The molecule has 0 amide bonds. The zero-order valence-electron chi connectivity index (χ0n) is 16.3. The van der Waals surface area contributed by atoms with E-state index in [9.17, 15) is 8.78 Å². The molecule has 2 heterocycles. The lowest BCUT2D eigenvalue weighted by Gasteiger charge is -2.12. The molecule has 0 saturated heterocycles. The third-order valence-corrected chi connectivity index (χ3v) is 5.83. The quantitative estimate of drug-likeness (QED) is 0.371. The smallest absolute Gasteiger partial charge is 0.167 e. The van der Waals surface area contributed by atoms with Gasteiger partial charge in [-0.1, -0.05) is 6.92 Å². The van der Waals surface area contributed by atoms with Gasteiger partial charge < -0.3 is 9.47 Å². The Hall–Kier alpha value is -2.80. The molecule has 0 aliphatic heterocycles. The Bertz CT molecular complexity index is 1190. The molecule has 1 atom stereocenters. The standard InChI is InChI=1S/C22H20F2N2O2S/c1-4-12(2)28-19-9-20-18(8-17(19)24)26-22(29-20)16-6-13(10-23)5-14-7-15(27-3)11-25-21(14)16/h5-9,11-12H,4,10H2,1-3H3/t12-/m0/s1. The second-order valence-electron chi connectivity index (χ2n) is 6.83.